The summed E-state index contributed by atoms with van der Waals surface area (Å²) in [7, 11) is 0. The topological polar surface area (TPSA) is 89.9 Å². The van der Waals surface area contributed by atoms with Crippen molar-refractivity contribution in [2.24, 2.45) is 0 Å². The highest BCUT2D eigenvalue weighted by Gasteiger charge is 2.18. The lowest BCUT2D eigenvalue weighted by atomic mass is 10.1. The zero-order chi connectivity index (χ0) is 18.7. The number of thioether (sulfide) groups is 1. The van der Waals surface area contributed by atoms with Gasteiger partial charge in [0.25, 0.3) is 0 Å². The van der Waals surface area contributed by atoms with Crippen molar-refractivity contribution in [3.05, 3.63) is 46.7 Å². The van der Waals surface area contributed by atoms with Crippen LogP contribution >= 0.6 is 23.1 Å². The number of rotatable bonds is 6. The summed E-state index contributed by atoms with van der Waals surface area (Å²) in [4.78, 5) is 18.4. The summed E-state index contributed by atoms with van der Waals surface area (Å²) in [6.07, 6.45) is 0.963. The smallest absolute Gasteiger partial charge is 0.230 e. The Morgan fingerprint density at radius 3 is 2.62 bits per heavy atom. The van der Waals surface area contributed by atoms with Crippen molar-refractivity contribution in [1.29, 1.82) is 0 Å². The second-order valence-electron chi connectivity index (χ2n) is 5.68. The van der Waals surface area contributed by atoms with Gasteiger partial charge in [0.1, 0.15) is 5.82 Å². The molecule has 0 bridgehead atoms. The van der Waals surface area contributed by atoms with Crippen molar-refractivity contribution in [3.63, 3.8) is 0 Å². The summed E-state index contributed by atoms with van der Waals surface area (Å²) in [6, 6.07) is 7.98. The molecular formula is C17H20N6OS2. The van der Waals surface area contributed by atoms with Gasteiger partial charge < -0.3 is 5.84 Å². The first-order chi connectivity index (χ1) is 12.5. The first-order valence-electron chi connectivity index (χ1n) is 8.13. The predicted octanol–water partition coefficient (Wildman–Crippen LogP) is 3.30. The van der Waals surface area contributed by atoms with Crippen molar-refractivity contribution < 1.29 is 4.79 Å². The van der Waals surface area contributed by atoms with Gasteiger partial charge in [-0.2, -0.15) is 0 Å². The normalized spacial score (nSPS) is 10.9. The molecule has 7 nitrogen and oxygen atoms in total. The number of anilines is 2. The number of nitrogens with two attached hydrogens (primary N) is 1. The Hall–Kier alpha value is -2.39. The lowest BCUT2D eigenvalue weighted by Crippen LogP contribution is -2.22. The van der Waals surface area contributed by atoms with Gasteiger partial charge in [0.15, 0.2) is 5.13 Å². The molecule has 0 aliphatic heterocycles. The molecule has 3 aromatic rings. The van der Waals surface area contributed by atoms with Crippen LogP contribution in [0.25, 0.3) is 0 Å². The van der Waals surface area contributed by atoms with Crippen LogP contribution < -0.4 is 10.7 Å². The molecule has 26 heavy (non-hydrogen) atoms. The molecule has 2 N–H and O–H groups in total. The van der Waals surface area contributed by atoms with Crippen LogP contribution in [0.2, 0.25) is 0 Å². The van der Waals surface area contributed by atoms with Crippen LogP contribution in [0.5, 0.6) is 0 Å². The van der Waals surface area contributed by atoms with Crippen LogP contribution in [0.1, 0.15) is 30.9 Å². The number of hydrogen-bond acceptors (Lipinski definition) is 7. The number of aryl methyl sites for hydroxylation is 2. The summed E-state index contributed by atoms with van der Waals surface area (Å²) in [5.41, 5.74) is 2.92. The molecule has 9 heteroatoms. The summed E-state index contributed by atoms with van der Waals surface area (Å²) in [6.45, 7) is 5.45. The van der Waals surface area contributed by atoms with Crippen LogP contribution in [0, 0.1) is 6.92 Å². The maximum Gasteiger partial charge on any atom is 0.230 e. The van der Waals surface area contributed by atoms with Gasteiger partial charge in [0.2, 0.25) is 11.1 Å². The largest absolute Gasteiger partial charge is 0.336 e. The average Bonchev–Trinajstić information content (AvgIpc) is 3.21. The molecule has 0 unspecified atom stereocenters. The van der Waals surface area contributed by atoms with Gasteiger partial charge in [0.05, 0.1) is 11.4 Å². The summed E-state index contributed by atoms with van der Waals surface area (Å²) in [5.74, 6) is 7.05. The molecule has 0 saturated heterocycles. The summed E-state index contributed by atoms with van der Waals surface area (Å²) < 4.78 is 1.45. The number of hydrogen-bond donors (Lipinski definition) is 1. The standard InChI is InChI=1S/C17H20N6OS2/c1-4-13-5-7-15(8-6-13)22(12(3)24)16-19-14(9-25-16)10-26-17-21-20-11(2)23(17)18/h5-9H,4,10,18H2,1-3H3. The molecule has 0 saturated carbocycles. The van der Waals surface area contributed by atoms with E-state index in [1.54, 1.807) is 18.7 Å². The van der Waals surface area contributed by atoms with Gasteiger partial charge in [-0.05, 0) is 31.0 Å². The number of benzene rings is 1. The van der Waals surface area contributed by atoms with Crippen LogP contribution in [0.3, 0.4) is 0 Å². The SMILES string of the molecule is CCc1ccc(N(C(C)=O)c2nc(CSc3nnc(C)n3N)cs2)cc1. The zero-order valence-corrected chi connectivity index (χ0v) is 16.5. The Kier molecular flexibility index (Phi) is 5.58. The molecule has 2 aromatic heterocycles. The number of thiazole rings is 1. The molecule has 0 spiro atoms. The van der Waals surface area contributed by atoms with Crippen molar-refractivity contribution >= 4 is 39.8 Å². The van der Waals surface area contributed by atoms with E-state index in [9.17, 15) is 4.79 Å². The van der Waals surface area contributed by atoms with Gasteiger partial charge in [-0.15, -0.1) is 21.5 Å². The second kappa shape index (κ2) is 7.88. The highest BCUT2D eigenvalue weighted by molar-refractivity contribution is 7.98. The Labute approximate surface area is 160 Å². The molecule has 1 amide bonds. The summed E-state index contributed by atoms with van der Waals surface area (Å²) >= 11 is 2.90. The number of nitrogen functional groups attached to an aromatic ring is 1. The molecule has 0 aliphatic rings. The number of carbonyl (C=O) groups is 1. The summed E-state index contributed by atoms with van der Waals surface area (Å²) in [5, 5.41) is 11.2. The molecule has 0 atom stereocenters. The monoisotopic (exact) mass is 388 g/mol. The maximum absolute atomic E-state index is 12.2. The van der Waals surface area contributed by atoms with Gasteiger partial charge in [0, 0.05) is 18.1 Å². The zero-order valence-electron chi connectivity index (χ0n) is 14.8. The Balaban J connectivity index is 1.76. The number of nitrogens with zero attached hydrogens (tertiary/aromatic N) is 5. The van der Waals surface area contributed by atoms with E-state index >= 15 is 0 Å². The minimum Gasteiger partial charge on any atom is -0.336 e. The first kappa shape index (κ1) is 18.4. The van der Waals surface area contributed by atoms with Crippen molar-refractivity contribution in [3.8, 4) is 0 Å². The number of carbonyl (C=O) groups excluding carboxylic acids is 1. The Bertz CT molecular complexity index is 902. The quantitative estimate of drug-likeness (QED) is 0.515. The molecule has 2 heterocycles. The second-order valence-corrected chi connectivity index (χ2v) is 7.46. The predicted molar refractivity (Wildman–Crippen MR) is 105 cm³/mol. The van der Waals surface area contributed by atoms with Gasteiger partial charge in [-0.3, -0.25) is 9.69 Å². The fraction of sp³-hybridized carbons (Fsp3) is 0.294. The van der Waals surface area contributed by atoms with E-state index in [2.05, 4.69) is 22.1 Å². The van der Waals surface area contributed by atoms with E-state index in [4.69, 9.17) is 5.84 Å². The Morgan fingerprint density at radius 2 is 2.04 bits per heavy atom. The van der Waals surface area contributed by atoms with E-state index in [1.165, 1.54) is 33.3 Å². The molecule has 3 rings (SSSR count). The highest BCUT2D eigenvalue weighted by Crippen LogP contribution is 2.31. The number of aromatic nitrogens is 4. The van der Waals surface area contributed by atoms with Gasteiger partial charge in [-0.25, -0.2) is 9.66 Å². The van der Waals surface area contributed by atoms with Crippen LogP contribution in [-0.4, -0.2) is 25.8 Å². The molecule has 1 aromatic carbocycles. The van der Waals surface area contributed by atoms with E-state index in [1.807, 2.05) is 29.6 Å². The van der Waals surface area contributed by atoms with E-state index in [0.717, 1.165) is 17.8 Å². The third-order valence-corrected chi connectivity index (χ3v) is 5.68. The van der Waals surface area contributed by atoms with E-state index < -0.39 is 0 Å². The van der Waals surface area contributed by atoms with Gasteiger partial charge >= 0.3 is 0 Å². The molecule has 0 fully saturated rings. The third kappa shape index (κ3) is 3.88. The molecule has 136 valence electrons. The van der Waals surface area contributed by atoms with Crippen LogP contribution in [0.15, 0.2) is 34.8 Å². The van der Waals surface area contributed by atoms with Crippen molar-refractivity contribution in [1.82, 2.24) is 19.9 Å². The minimum atomic E-state index is -0.0693. The fourth-order valence-corrected chi connectivity index (χ4v) is 4.15. The lowest BCUT2D eigenvalue weighted by Gasteiger charge is -2.18. The molecule has 0 radical (unpaired) electrons. The number of amides is 1. The Morgan fingerprint density at radius 1 is 1.31 bits per heavy atom. The lowest BCUT2D eigenvalue weighted by molar-refractivity contribution is -0.115. The van der Waals surface area contributed by atoms with Crippen molar-refractivity contribution in [2.45, 2.75) is 38.1 Å². The molecule has 0 aliphatic carbocycles. The first-order valence-corrected chi connectivity index (χ1v) is 10.00. The van der Waals surface area contributed by atoms with E-state index in [0.29, 0.717) is 21.9 Å². The van der Waals surface area contributed by atoms with Crippen LogP contribution in [0.4, 0.5) is 10.8 Å². The third-order valence-electron chi connectivity index (χ3n) is 3.83. The average molecular weight is 389 g/mol. The fourth-order valence-electron chi connectivity index (χ4n) is 2.36. The molecular weight excluding hydrogens is 368 g/mol. The van der Waals surface area contributed by atoms with Crippen LogP contribution in [-0.2, 0) is 17.0 Å². The minimum absolute atomic E-state index is 0.0693. The maximum atomic E-state index is 12.2. The highest BCUT2D eigenvalue weighted by atomic mass is 32.2. The van der Waals surface area contributed by atoms with Crippen molar-refractivity contribution in [2.75, 3.05) is 10.7 Å². The van der Waals surface area contributed by atoms with E-state index in [-0.39, 0.29) is 5.91 Å². The van der Waals surface area contributed by atoms with Gasteiger partial charge in [-0.1, -0.05) is 30.8 Å².